The van der Waals surface area contributed by atoms with Crippen LogP contribution in [0.2, 0.25) is 0 Å². The third kappa shape index (κ3) is 8.48. The number of aliphatic carboxylic acids is 1. The van der Waals surface area contributed by atoms with E-state index in [2.05, 4.69) is 12.2 Å². The smallest absolute Gasteiger partial charge is 0.306 e. The maximum absolute atomic E-state index is 12.1. The fourth-order valence-electron chi connectivity index (χ4n) is 2.09. The van der Waals surface area contributed by atoms with Gasteiger partial charge in [-0.25, -0.2) is 0 Å². The number of hydrogen-bond acceptors (Lipinski definition) is 3. The predicted molar refractivity (Wildman–Crippen MR) is 82.0 cm³/mol. The molecule has 0 aromatic rings. The Kier molecular flexibility index (Phi) is 9.67. The van der Waals surface area contributed by atoms with Crippen LogP contribution in [0.1, 0.15) is 66.2 Å². The van der Waals surface area contributed by atoms with Crippen molar-refractivity contribution in [3.8, 4) is 0 Å². The maximum Gasteiger partial charge on any atom is 0.306 e. The van der Waals surface area contributed by atoms with Gasteiger partial charge in [-0.3, -0.25) is 14.4 Å². The zero-order valence-electron chi connectivity index (χ0n) is 13.6. The Balaban J connectivity index is 4.38. The summed E-state index contributed by atoms with van der Waals surface area (Å²) in [5.41, 5.74) is 0. The number of carboxylic acid groups (broad SMARTS) is 1. The largest absolute Gasteiger partial charge is 0.481 e. The fourth-order valence-corrected chi connectivity index (χ4v) is 2.09. The van der Waals surface area contributed by atoms with Crippen molar-refractivity contribution in [2.75, 3.05) is 0 Å². The van der Waals surface area contributed by atoms with Crippen LogP contribution in [0.15, 0.2) is 0 Å². The highest BCUT2D eigenvalue weighted by Crippen LogP contribution is 2.12. The van der Waals surface area contributed by atoms with Crippen LogP contribution < -0.4 is 5.32 Å². The van der Waals surface area contributed by atoms with Crippen molar-refractivity contribution in [2.24, 2.45) is 11.8 Å². The van der Waals surface area contributed by atoms with Crippen LogP contribution in [-0.4, -0.2) is 28.8 Å². The first kappa shape index (κ1) is 19.6. The van der Waals surface area contributed by atoms with E-state index >= 15 is 0 Å². The molecule has 0 bridgehead atoms. The summed E-state index contributed by atoms with van der Waals surface area (Å²) in [6.45, 7) is 7.32. The van der Waals surface area contributed by atoms with Gasteiger partial charge in [0.25, 0.3) is 0 Å². The number of carboxylic acids is 1. The molecule has 0 saturated carbocycles. The van der Waals surface area contributed by atoms with Crippen LogP contribution in [0, 0.1) is 11.8 Å². The highest BCUT2D eigenvalue weighted by atomic mass is 16.4. The molecular weight excluding hydrogens is 270 g/mol. The van der Waals surface area contributed by atoms with E-state index in [0.717, 1.165) is 25.7 Å². The van der Waals surface area contributed by atoms with E-state index in [4.69, 9.17) is 5.11 Å². The van der Waals surface area contributed by atoms with Gasteiger partial charge < -0.3 is 10.4 Å². The molecule has 5 nitrogen and oxygen atoms in total. The van der Waals surface area contributed by atoms with Gasteiger partial charge in [-0.2, -0.15) is 0 Å². The summed E-state index contributed by atoms with van der Waals surface area (Å²) in [5.74, 6) is -2.09. The van der Waals surface area contributed by atoms with E-state index in [0.29, 0.717) is 6.42 Å². The van der Waals surface area contributed by atoms with E-state index in [1.54, 1.807) is 0 Å². The first-order chi connectivity index (χ1) is 9.79. The summed E-state index contributed by atoms with van der Waals surface area (Å²) in [7, 11) is 0. The molecule has 0 heterocycles. The number of hydrogen-bond donors (Lipinski definition) is 2. The lowest BCUT2D eigenvalue weighted by Gasteiger charge is -2.22. The molecule has 1 amide bonds. The lowest BCUT2D eigenvalue weighted by atomic mass is 9.93. The molecule has 122 valence electrons. The Hall–Kier alpha value is -1.39. The number of carbonyl (C=O) groups is 3. The first-order valence-electron chi connectivity index (χ1n) is 7.84. The van der Waals surface area contributed by atoms with E-state index in [1.807, 2.05) is 13.8 Å². The van der Waals surface area contributed by atoms with Crippen LogP contribution in [0.25, 0.3) is 0 Å². The molecule has 0 rings (SSSR count). The van der Waals surface area contributed by atoms with Crippen molar-refractivity contribution in [1.29, 1.82) is 0 Å². The molecule has 2 N–H and O–H groups in total. The van der Waals surface area contributed by atoms with Gasteiger partial charge in [0.05, 0.1) is 12.0 Å². The second-order valence-corrected chi connectivity index (χ2v) is 6.01. The summed E-state index contributed by atoms with van der Waals surface area (Å²) in [5, 5.41) is 11.6. The Labute approximate surface area is 127 Å². The van der Waals surface area contributed by atoms with E-state index in [9.17, 15) is 14.4 Å². The Morgan fingerprint density at radius 3 is 2.14 bits per heavy atom. The average molecular weight is 299 g/mol. The van der Waals surface area contributed by atoms with Gasteiger partial charge in [0.2, 0.25) is 5.91 Å². The van der Waals surface area contributed by atoms with Crippen LogP contribution >= 0.6 is 0 Å². The van der Waals surface area contributed by atoms with Gasteiger partial charge in [0, 0.05) is 12.8 Å². The topological polar surface area (TPSA) is 83.5 Å². The Morgan fingerprint density at radius 2 is 1.67 bits per heavy atom. The molecule has 0 aromatic carbocycles. The normalized spacial score (nSPS) is 13.8. The molecule has 0 aliphatic carbocycles. The van der Waals surface area contributed by atoms with Gasteiger partial charge in [-0.05, 0) is 12.3 Å². The molecule has 21 heavy (non-hydrogen) atoms. The SMILES string of the molecule is CCCCCCC(=O)N[C@H](C(=O)C[C@@H](C)C(=O)O)C(C)C. The van der Waals surface area contributed by atoms with Gasteiger partial charge in [-0.1, -0.05) is 47.0 Å². The maximum atomic E-state index is 12.1. The number of carbonyl (C=O) groups excluding carboxylic acids is 2. The molecule has 0 radical (unpaired) electrons. The van der Waals surface area contributed by atoms with Crippen LogP contribution in [0.3, 0.4) is 0 Å². The molecule has 0 aliphatic heterocycles. The molecule has 0 aromatic heterocycles. The average Bonchev–Trinajstić information content (AvgIpc) is 2.40. The number of ketones is 1. The monoisotopic (exact) mass is 299 g/mol. The number of amides is 1. The van der Waals surface area contributed by atoms with Gasteiger partial charge in [0.15, 0.2) is 5.78 Å². The Bertz CT molecular complexity index is 352. The van der Waals surface area contributed by atoms with Gasteiger partial charge in [-0.15, -0.1) is 0 Å². The molecule has 0 spiro atoms. The highest BCUT2D eigenvalue weighted by Gasteiger charge is 2.26. The van der Waals surface area contributed by atoms with E-state index in [-0.39, 0.29) is 24.0 Å². The minimum absolute atomic E-state index is 0.0434. The minimum atomic E-state index is -0.989. The molecule has 0 fully saturated rings. The first-order valence-corrected chi connectivity index (χ1v) is 7.84. The standard InChI is InChI=1S/C16H29NO4/c1-5-6-7-8-9-14(19)17-15(11(2)3)13(18)10-12(4)16(20)21/h11-12,15H,5-10H2,1-4H3,(H,17,19)(H,20,21)/t12-,15+/m1/s1. The zero-order chi connectivity index (χ0) is 16.4. The number of unbranched alkanes of at least 4 members (excludes halogenated alkanes) is 3. The van der Waals surface area contributed by atoms with Crippen molar-refractivity contribution >= 4 is 17.7 Å². The van der Waals surface area contributed by atoms with Gasteiger partial charge >= 0.3 is 5.97 Å². The minimum Gasteiger partial charge on any atom is -0.481 e. The summed E-state index contributed by atoms with van der Waals surface area (Å²) >= 11 is 0. The van der Waals surface area contributed by atoms with Crippen LogP contribution in [0.4, 0.5) is 0 Å². The predicted octanol–water partition coefficient (Wildman–Crippen LogP) is 2.78. The van der Waals surface area contributed by atoms with E-state index < -0.39 is 17.9 Å². The van der Waals surface area contributed by atoms with Gasteiger partial charge in [0.1, 0.15) is 0 Å². The second kappa shape index (κ2) is 10.4. The molecule has 2 atom stereocenters. The molecule has 0 aliphatic rings. The summed E-state index contributed by atoms with van der Waals surface area (Å²) in [4.78, 5) is 34.8. The Morgan fingerprint density at radius 1 is 1.05 bits per heavy atom. The van der Waals surface area contributed by atoms with Crippen LogP contribution in [0.5, 0.6) is 0 Å². The summed E-state index contributed by atoms with van der Waals surface area (Å²) in [6, 6.07) is -0.592. The van der Waals surface area contributed by atoms with Crippen molar-refractivity contribution in [3.05, 3.63) is 0 Å². The van der Waals surface area contributed by atoms with Crippen LogP contribution in [-0.2, 0) is 14.4 Å². The lowest BCUT2D eigenvalue weighted by Crippen LogP contribution is -2.45. The fraction of sp³-hybridized carbons (Fsp3) is 0.812. The highest BCUT2D eigenvalue weighted by molar-refractivity contribution is 5.91. The van der Waals surface area contributed by atoms with Crippen molar-refractivity contribution in [1.82, 2.24) is 5.32 Å². The number of rotatable bonds is 11. The van der Waals surface area contributed by atoms with Crippen molar-refractivity contribution < 1.29 is 19.5 Å². The quantitative estimate of drug-likeness (QED) is 0.575. The van der Waals surface area contributed by atoms with Crippen molar-refractivity contribution in [3.63, 3.8) is 0 Å². The lowest BCUT2D eigenvalue weighted by molar-refractivity contribution is -0.143. The number of nitrogens with one attached hydrogen (secondary N) is 1. The second-order valence-electron chi connectivity index (χ2n) is 6.01. The number of Topliss-reactive ketones (excluding diaryl/α,β-unsaturated/α-hetero) is 1. The molecule has 0 unspecified atom stereocenters. The third-order valence-electron chi connectivity index (χ3n) is 3.52. The molecule has 5 heteroatoms. The summed E-state index contributed by atoms with van der Waals surface area (Å²) < 4.78 is 0. The molecular formula is C16H29NO4. The third-order valence-corrected chi connectivity index (χ3v) is 3.52. The molecule has 0 saturated heterocycles. The zero-order valence-corrected chi connectivity index (χ0v) is 13.6. The summed E-state index contributed by atoms with van der Waals surface area (Å²) in [6.07, 6.45) is 4.43. The van der Waals surface area contributed by atoms with Crippen molar-refractivity contribution in [2.45, 2.75) is 72.3 Å². The van der Waals surface area contributed by atoms with E-state index in [1.165, 1.54) is 6.92 Å².